The maximum atomic E-state index is 12.8. The highest BCUT2D eigenvalue weighted by Crippen LogP contribution is 2.33. The number of carbonyl (C=O) groups is 1. The van der Waals surface area contributed by atoms with Gasteiger partial charge in [-0.2, -0.15) is 0 Å². The van der Waals surface area contributed by atoms with E-state index in [2.05, 4.69) is 22.0 Å². The van der Waals surface area contributed by atoms with E-state index >= 15 is 0 Å². The number of nitrogens with one attached hydrogen (secondary N) is 1. The van der Waals surface area contributed by atoms with Crippen LogP contribution in [0.25, 0.3) is 10.2 Å². The molecule has 8 heteroatoms. The molecule has 0 atom stereocenters. The molecule has 1 N–H and O–H groups in total. The van der Waals surface area contributed by atoms with Crippen LogP contribution in [0.1, 0.15) is 46.7 Å². The highest BCUT2D eigenvalue weighted by atomic mass is 32.1. The summed E-state index contributed by atoms with van der Waals surface area (Å²) in [7, 11) is 0. The van der Waals surface area contributed by atoms with E-state index in [9.17, 15) is 9.59 Å². The molecule has 1 aliphatic heterocycles. The maximum Gasteiger partial charge on any atom is 0.260 e. The first-order valence-corrected chi connectivity index (χ1v) is 13.2. The maximum absolute atomic E-state index is 12.8. The zero-order valence-corrected chi connectivity index (χ0v) is 20.2. The van der Waals surface area contributed by atoms with Crippen LogP contribution in [0.15, 0.2) is 23.0 Å². The Bertz CT molecular complexity index is 1290. The Hall–Kier alpha value is -2.71. The SMILES string of the molecule is O=C(COc1ccc2c(c1)CCC2)N1CCN(Cc2nc3sc4c(c3c(=O)[nH]2)CCCC4)CC1. The Morgan fingerprint density at radius 1 is 1.03 bits per heavy atom. The molecule has 6 rings (SSSR count). The topological polar surface area (TPSA) is 78.5 Å². The third-order valence-corrected chi connectivity index (χ3v) is 8.59. The van der Waals surface area contributed by atoms with Gasteiger partial charge >= 0.3 is 0 Å². The summed E-state index contributed by atoms with van der Waals surface area (Å²) in [6.07, 6.45) is 7.86. The van der Waals surface area contributed by atoms with E-state index in [1.165, 1.54) is 34.4 Å². The summed E-state index contributed by atoms with van der Waals surface area (Å²) in [6.45, 7) is 3.51. The number of hydrogen-bond donors (Lipinski definition) is 1. The minimum atomic E-state index is -0.00285. The number of ether oxygens (including phenoxy) is 1. The van der Waals surface area contributed by atoms with Gasteiger partial charge in [0.05, 0.1) is 11.9 Å². The fourth-order valence-corrected chi connectivity index (χ4v) is 6.81. The molecular weight excluding hydrogens is 448 g/mol. The summed E-state index contributed by atoms with van der Waals surface area (Å²) in [6, 6.07) is 6.19. The molecular formula is C26H30N4O3S. The second-order valence-electron chi connectivity index (χ2n) is 9.63. The van der Waals surface area contributed by atoms with Gasteiger partial charge in [0.25, 0.3) is 11.5 Å². The largest absolute Gasteiger partial charge is 0.484 e. The van der Waals surface area contributed by atoms with E-state index in [1.54, 1.807) is 11.3 Å². The lowest BCUT2D eigenvalue weighted by Gasteiger charge is -2.34. The van der Waals surface area contributed by atoms with Gasteiger partial charge in [-0.15, -0.1) is 11.3 Å². The normalized spacial score (nSPS) is 18.2. The quantitative estimate of drug-likeness (QED) is 0.610. The molecule has 2 aliphatic carbocycles. The minimum Gasteiger partial charge on any atom is -0.484 e. The van der Waals surface area contributed by atoms with Gasteiger partial charge in [0.2, 0.25) is 0 Å². The molecule has 3 heterocycles. The number of amides is 1. The van der Waals surface area contributed by atoms with Crippen molar-refractivity contribution >= 4 is 27.5 Å². The number of aromatic nitrogens is 2. The fraction of sp³-hybridized carbons (Fsp3) is 0.500. The molecule has 0 spiro atoms. The Morgan fingerprint density at radius 2 is 1.85 bits per heavy atom. The second kappa shape index (κ2) is 9.15. The molecule has 0 radical (unpaired) electrons. The van der Waals surface area contributed by atoms with E-state index in [-0.39, 0.29) is 18.1 Å². The molecule has 0 unspecified atom stereocenters. The number of aromatic amines is 1. The molecule has 1 saturated heterocycles. The average Bonchev–Trinajstić information content (AvgIpc) is 3.47. The molecule has 0 saturated carbocycles. The molecule has 3 aliphatic rings. The monoisotopic (exact) mass is 478 g/mol. The molecule has 2 aromatic heterocycles. The second-order valence-corrected chi connectivity index (χ2v) is 10.7. The minimum absolute atomic E-state index is 0.00285. The van der Waals surface area contributed by atoms with Gasteiger partial charge in [0, 0.05) is 31.1 Å². The van der Waals surface area contributed by atoms with Crippen molar-refractivity contribution in [3.8, 4) is 5.75 Å². The summed E-state index contributed by atoms with van der Waals surface area (Å²) >= 11 is 1.69. The van der Waals surface area contributed by atoms with E-state index < -0.39 is 0 Å². The van der Waals surface area contributed by atoms with E-state index in [0.717, 1.165) is 67.0 Å². The molecule has 1 fully saturated rings. The van der Waals surface area contributed by atoms with E-state index in [0.29, 0.717) is 19.6 Å². The number of carbonyl (C=O) groups excluding carboxylic acids is 1. The number of H-pyrrole nitrogens is 1. The van der Waals surface area contributed by atoms with Crippen molar-refractivity contribution in [2.45, 2.75) is 51.5 Å². The number of fused-ring (bicyclic) bond motifs is 4. The molecule has 0 bridgehead atoms. The molecule has 34 heavy (non-hydrogen) atoms. The Morgan fingerprint density at radius 3 is 2.74 bits per heavy atom. The van der Waals surface area contributed by atoms with Crippen molar-refractivity contribution in [3.05, 3.63) is 55.9 Å². The lowest BCUT2D eigenvalue weighted by molar-refractivity contribution is -0.135. The molecule has 7 nitrogen and oxygen atoms in total. The Kier molecular flexibility index (Phi) is 5.87. The van der Waals surface area contributed by atoms with Gasteiger partial charge in [0.1, 0.15) is 16.4 Å². The number of piperazine rings is 1. The molecule has 1 aromatic carbocycles. The van der Waals surface area contributed by atoms with Gasteiger partial charge in [-0.3, -0.25) is 14.5 Å². The van der Waals surface area contributed by atoms with Crippen molar-refractivity contribution in [1.82, 2.24) is 19.8 Å². The van der Waals surface area contributed by atoms with Crippen molar-refractivity contribution < 1.29 is 9.53 Å². The third-order valence-electron chi connectivity index (χ3n) is 7.40. The predicted molar refractivity (Wildman–Crippen MR) is 133 cm³/mol. The van der Waals surface area contributed by atoms with Crippen LogP contribution in [0.2, 0.25) is 0 Å². The first kappa shape index (κ1) is 21.8. The summed E-state index contributed by atoms with van der Waals surface area (Å²) in [5.41, 5.74) is 3.98. The first-order valence-electron chi connectivity index (χ1n) is 12.4. The van der Waals surface area contributed by atoms with Crippen LogP contribution >= 0.6 is 11.3 Å². The molecule has 3 aromatic rings. The van der Waals surface area contributed by atoms with Gasteiger partial charge in [0.15, 0.2) is 6.61 Å². The average molecular weight is 479 g/mol. The highest BCUT2D eigenvalue weighted by Gasteiger charge is 2.24. The Labute approximate surface area is 202 Å². The lowest BCUT2D eigenvalue weighted by atomic mass is 9.97. The van der Waals surface area contributed by atoms with Crippen LogP contribution in [-0.2, 0) is 37.0 Å². The summed E-state index contributed by atoms with van der Waals surface area (Å²) in [5, 5.41) is 0.808. The number of aryl methyl sites for hydroxylation is 4. The van der Waals surface area contributed by atoms with Crippen LogP contribution in [0.4, 0.5) is 0 Å². The zero-order chi connectivity index (χ0) is 23.1. The number of rotatable bonds is 5. The summed E-state index contributed by atoms with van der Waals surface area (Å²) < 4.78 is 5.80. The predicted octanol–water partition coefficient (Wildman–Crippen LogP) is 3.08. The molecule has 178 valence electrons. The number of thiophene rings is 1. The molecule has 1 amide bonds. The standard InChI is InChI=1S/C26H30N4O3S/c31-23(16-33-19-9-8-17-4-3-5-18(17)14-19)30-12-10-29(11-13-30)15-22-27-25(32)24-20-6-1-2-7-21(20)34-26(24)28-22/h8-9,14H,1-7,10-13,15-16H2,(H,27,28,32). The number of hydrogen-bond acceptors (Lipinski definition) is 6. The smallest absolute Gasteiger partial charge is 0.260 e. The van der Waals surface area contributed by atoms with Crippen LogP contribution in [0.5, 0.6) is 5.75 Å². The van der Waals surface area contributed by atoms with Gasteiger partial charge < -0.3 is 14.6 Å². The first-order chi connectivity index (χ1) is 16.6. The van der Waals surface area contributed by atoms with Crippen molar-refractivity contribution in [1.29, 1.82) is 0 Å². The van der Waals surface area contributed by atoms with Crippen LogP contribution in [-0.4, -0.2) is 58.5 Å². The summed E-state index contributed by atoms with van der Waals surface area (Å²) in [4.78, 5) is 39.6. The van der Waals surface area contributed by atoms with Crippen molar-refractivity contribution in [2.75, 3.05) is 32.8 Å². The van der Waals surface area contributed by atoms with Crippen LogP contribution < -0.4 is 10.3 Å². The van der Waals surface area contributed by atoms with Crippen molar-refractivity contribution in [2.24, 2.45) is 0 Å². The van der Waals surface area contributed by atoms with Crippen LogP contribution in [0, 0.1) is 0 Å². The number of benzene rings is 1. The van der Waals surface area contributed by atoms with Crippen molar-refractivity contribution in [3.63, 3.8) is 0 Å². The fourth-order valence-electron chi connectivity index (χ4n) is 5.52. The van der Waals surface area contributed by atoms with E-state index in [4.69, 9.17) is 9.72 Å². The van der Waals surface area contributed by atoms with Gasteiger partial charge in [-0.25, -0.2) is 4.98 Å². The van der Waals surface area contributed by atoms with Gasteiger partial charge in [-0.1, -0.05) is 6.07 Å². The van der Waals surface area contributed by atoms with E-state index in [1.807, 2.05) is 11.0 Å². The zero-order valence-electron chi connectivity index (χ0n) is 19.4. The van der Waals surface area contributed by atoms with Crippen LogP contribution in [0.3, 0.4) is 0 Å². The lowest BCUT2D eigenvalue weighted by Crippen LogP contribution is -2.49. The van der Waals surface area contributed by atoms with Gasteiger partial charge in [-0.05, 0) is 73.8 Å². The third kappa shape index (κ3) is 4.25. The summed E-state index contributed by atoms with van der Waals surface area (Å²) in [5.74, 6) is 1.53. The highest BCUT2D eigenvalue weighted by molar-refractivity contribution is 7.18. The number of nitrogens with zero attached hydrogens (tertiary/aromatic N) is 3. The Balaban J connectivity index is 1.04.